The van der Waals surface area contributed by atoms with Gasteiger partial charge in [0.2, 0.25) is 0 Å². The van der Waals surface area contributed by atoms with Gasteiger partial charge in [0.1, 0.15) is 5.75 Å². The number of ether oxygens (including phenoxy) is 1. The lowest BCUT2D eigenvalue weighted by molar-refractivity contribution is 0.350. The van der Waals surface area contributed by atoms with Crippen molar-refractivity contribution in [1.29, 1.82) is 0 Å². The molecule has 0 aromatic heterocycles. The third kappa shape index (κ3) is 2.32. The maximum atomic E-state index is 6.54. The van der Waals surface area contributed by atoms with Crippen molar-refractivity contribution >= 4 is 0 Å². The number of aryl methyl sites for hydroxylation is 1. The lowest BCUT2D eigenvalue weighted by atomic mass is 9.79. The minimum atomic E-state index is -0.0391. The Hall–Kier alpha value is -1.02. The highest BCUT2D eigenvalue weighted by atomic mass is 16.5. The molecular weight excluding hydrogens is 210 g/mol. The van der Waals surface area contributed by atoms with Gasteiger partial charge < -0.3 is 10.5 Å². The Kier molecular flexibility index (Phi) is 3.43. The van der Waals surface area contributed by atoms with E-state index in [1.807, 2.05) is 0 Å². The van der Waals surface area contributed by atoms with Gasteiger partial charge in [0.05, 0.1) is 7.11 Å². The fourth-order valence-corrected chi connectivity index (χ4v) is 2.95. The summed E-state index contributed by atoms with van der Waals surface area (Å²) in [6.45, 7) is 4.32. The minimum absolute atomic E-state index is 0.0391. The molecule has 17 heavy (non-hydrogen) atoms. The van der Waals surface area contributed by atoms with Crippen LogP contribution in [0.25, 0.3) is 0 Å². The third-order valence-electron chi connectivity index (χ3n) is 4.25. The van der Waals surface area contributed by atoms with Crippen LogP contribution in [0.3, 0.4) is 0 Å². The van der Waals surface area contributed by atoms with Crippen LogP contribution in [0.1, 0.15) is 49.7 Å². The molecule has 1 aromatic rings. The van der Waals surface area contributed by atoms with E-state index in [1.54, 1.807) is 7.11 Å². The van der Waals surface area contributed by atoms with Crippen molar-refractivity contribution in [2.24, 2.45) is 5.73 Å². The van der Waals surface area contributed by atoms with Crippen LogP contribution >= 0.6 is 0 Å². The number of rotatable bonds is 3. The second-order valence-corrected chi connectivity index (χ2v) is 5.41. The quantitative estimate of drug-likeness (QED) is 0.868. The molecule has 0 aliphatic heterocycles. The topological polar surface area (TPSA) is 35.2 Å². The number of hydrogen-bond donors (Lipinski definition) is 1. The first kappa shape index (κ1) is 12.4. The molecule has 2 nitrogen and oxygen atoms in total. The SMILES string of the molecule is COc1cc(C)ccc1C(C)C1(N)CCCC1. The van der Waals surface area contributed by atoms with Crippen molar-refractivity contribution in [2.45, 2.75) is 51.0 Å². The van der Waals surface area contributed by atoms with Gasteiger partial charge in [-0.15, -0.1) is 0 Å². The van der Waals surface area contributed by atoms with Crippen molar-refractivity contribution in [3.63, 3.8) is 0 Å². The van der Waals surface area contributed by atoms with Crippen LogP contribution in [0.15, 0.2) is 18.2 Å². The summed E-state index contributed by atoms with van der Waals surface area (Å²) in [4.78, 5) is 0. The van der Waals surface area contributed by atoms with Crippen LogP contribution in [-0.2, 0) is 0 Å². The van der Waals surface area contributed by atoms with E-state index >= 15 is 0 Å². The summed E-state index contributed by atoms with van der Waals surface area (Å²) in [5.74, 6) is 1.34. The van der Waals surface area contributed by atoms with E-state index in [9.17, 15) is 0 Å². The van der Waals surface area contributed by atoms with Crippen molar-refractivity contribution in [2.75, 3.05) is 7.11 Å². The molecule has 0 saturated heterocycles. The molecule has 2 N–H and O–H groups in total. The standard InChI is InChI=1S/C15H23NO/c1-11-6-7-13(14(10-11)17-3)12(2)15(16)8-4-5-9-15/h6-7,10,12H,4-5,8-9,16H2,1-3H3. The van der Waals surface area contributed by atoms with E-state index in [-0.39, 0.29) is 5.54 Å². The Morgan fingerprint density at radius 2 is 1.94 bits per heavy atom. The first-order valence-corrected chi connectivity index (χ1v) is 6.50. The monoisotopic (exact) mass is 233 g/mol. The van der Waals surface area contributed by atoms with Crippen LogP contribution in [0.2, 0.25) is 0 Å². The van der Waals surface area contributed by atoms with Crippen molar-refractivity contribution in [1.82, 2.24) is 0 Å². The van der Waals surface area contributed by atoms with E-state index in [4.69, 9.17) is 10.5 Å². The molecule has 1 aromatic carbocycles. The molecule has 1 atom stereocenters. The normalized spacial score (nSPS) is 20.2. The molecule has 1 aliphatic rings. The first-order chi connectivity index (χ1) is 8.07. The second kappa shape index (κ2) is 4.69. The number of methoxy groups -OCH3 is 1. The highest BCUT2D eigenvalue weighted by Gasteiger charge is 2.36. The Balaban J connectivity index is 2.32. The highest BCUT2D eigenvalue weighted by molar-refractivity contribution is 5.41. The second-order valence-electron chi connectivity index (χ2n) is 5.41. The maximum Gasteiger partial charge on any atom is 0.122 e. The average Bonchev–Trinajstić information content (AvgIpc) is 2.76. The van der Waals surface area contributed by atoms with Crippen molar-refractivity contribution in [3.8, 4) is 5.75 Å². The third-order valence-corrected chi connectivity index (χ3v) is 4.25. The van der Waals surface area contributed by atoms with E-state index in [0.29, 0.717) is 5.92 Å². The molecule has 2 heteroatoms. The summed E-state index contributed by atoms with van der Waals surface area (Å²) in [6.07, 6.45) is 4.78. The number of benzene rings is 1. The molecule has 0 bridgehead atoms. The van der Waals surface area contributed by atoms with E-state index < -0.39 is 0 Å². The highest BCUT2D eigenvalue weighted by Crippen LogP contribution is 2.41. The van der Waals surface area contributed by atoms with Gasteiger partial charge in [-0.3, -0.25) is 0 Å². The zero-order valence-corrected chi connectivity index (χ0v) is 11.1. The largest absolute Gasteiger partial charge is 0.496 e. The molecule has 0 spiro atoms. The van der Waals surface area contributed by atoms with Crippen molar-refractivity contribution < 1.29 is 4.74 Å². The average molecular weight is 233 g/mol. The molecule has 94 valence electrons. The van der Waals surface area contributed by atoms with Crippen LogP contribution in [-0.4, -0.2) is 12.6 Å². The molecule has 1 aliphatic carbocycles. The lowest BCUT2D eigenvalue weighted by Gasteiger charge is -2.32. The fraction of sp³-hybridized carbons (Fsp3) is 0.600. The van der Waals surface area contributed by atoms with Crippen LogP contribution < -0.4 is 10.5 Å². The molecule has 0 radical (unpaired) electrons. The maximum absolute atomic E-state index is 6.54. The van der Waals surface area contributed by atoms with E-state index in [1.165, 1.54) is 24.0 Å². The van der Waals surface area contributed by atoms with Gasteiger partial charge in [0.15, 0.2) is 0 Å². The van der Waals surface area contributed by atoms with Crippen molar-refractivity contribution in [3.05, 3.63) is 29.3 Å². The minimum Gasteiger partial charge on any atom is -0.496 e. The summed E-state index contributed by atoms with van der Waals surface area (Å²) in [7, 11) is 1.74. The number of nitrogens with two attached hydrogens (primary N) is 1. The molecule has 2 rings (SSSR count). The zero-order valence-electron chi connectivity index (χ0n) is 11.1. The summed E-state index contributed by atoms with van der Waals surface area (Å²) < 4.78 is 5.50. The molecule has 1 unspecified atom stereocenters. The summed E-state index contributed by atoms with van der Waals surface area (Å²) >= 11 is 0. The summed E-state index contributed by atoms with van der Waals surface area (Å²) in [6, 6.07) is 6.42. The molecule has 1 fully saturated rings. The zero-order chi connectivity index (χ0) is 12.5. The Labute approximate surface area is 104 Å². The predicted octanol–water partition coefficient (Wildman–Crippen LogP) is 3.38. The van der Waals surface area contributed by atoms with Gasteiger partial charge in [-0.2, -0.15) is 0 Å². The lowest BCUT2D eigenvalue weighted by Crippen LogP contribution is -2.41. The van der Waals surface area contributed by atoms with E-state index in [0.717, 1.165) is 18.6 Å². The van der Waals surface area contributed by atoms with Gasteiger partial charge in [0, 0.05) is 11.5 Å². The fourth-order valence-electron chi connectivity index (χ4n) is 2.95. The Bertz CT molecular complexity index is 394. The van der Waals surface area contributed by atoms with Crippen LogP contribution in [0, 0.1) is 6.92 Å². The van der Waals surface area contributed by atoms with Gasteiger partial charge in [-0.05, 0) is 37.0 Å². The summed E-state index contributed by atoms with van der Waals surface area (Å²) in [5, 5.41) is 0. The van der Waals surface area contributed by atoms with E-state index in [2.05, 4.69) is 32.0 Å². The van der Waals surface area contributed by atoms with Gasteiger partial charge in [-0.1, -0.05) is 31.9 Å². The number of hydrogen-bond acceptors (Lipinski definition) is 2. The molecular formula is C15H23NO. The molecule has 1 saturated carbocycles. The molecule has 0 heterocycles. The van der Waals surface area contributed by atoms with Gasteiger partial charge >= 0.3 is 0 Å². The van der Waals surface area contributed by atoms with Gasteiger partial charge in [0.25, 0.3) is 0 Å². The van der Waals surface area contributed by atoms with Gasteiger partial charge in [-0.25, -0.2) is 0 Å². The smallest absolute Gasteiger partial charge is 0.122 e. The first-order valence-electron chi connectivity index (χ1n) is 6.50. The van der Waals surface area contributed by atoms with Crippen LogP contribution in [0.4, 0.5) is 0 Å². The molecule has 0 amide bonds. The summed E-state index contributed by atoms with van der Waals surface area (Å²) in [5.41, 5.74) is 8.99. The van der Waals surface area contributed by atoms with Crippen LogP contribution in [0.5, 0.6) is 5.75 Å². The Morgan fingerprint density at radius 3 is 2.53 bits per heavy atom. The Morgan fingerprint density at radius 1 is 1.29 bits per heavy atom. The predicted molar refractivity (Wildman–Crippen MR) is 71.5 cm³/mol.